The number of amides is 1. The minimum Gasteiger partial charge on any atom is -0.436 e. The van der Waals surface area contributed by atoms with E-state index < -0.39 is 12.0 Å². The van der Waals surface area contributed by atoms with Crippen LogP contribution in [0.5, 0.6) is 0 Å². The van der Waals surface area contributed by atoms with Crippen LogP contribution in [0, 0.1) is 0 Å². The van der Waals surface area contributed by atoms with Crippen LogP contribution < -0.4 is 5.73 Å². The van der Waals surface area contributed by atoms with Gasteiger partial charge in [0, 0.05) is 11.8 Å². The lowest BCUT2D eigenvalue weighted by Crippen LogP contribution is -2.21. The molecule has 0 aliphatic heterocycles. The third-order valence-corrected chi connectivity index (χ3v) is 5.03. The maximum absolute atomic E-state index is 11.3. The average Bonchev–Trinajstić information content (AvgIpc) is 3.36. The third-order valence-electron chi connectivity index (χ3n) is 5.03. The van der Waals surface area contributed by atoms with Gasteiger partial charge in [0.15, 0.2) is 5.58 Å². The highest BCUT2D eigenvalue weighted by Gasteiger charge is 2.20. The standard InChI is InChI=1S/C22H22N4O3/c1-14(27)18(26-12-17(21(23)28)24-13-26)11-10-15-8-5-9-19-20(15)25-22(29-19)16-6-3-2-4-7-16/h2-9,12-14,18,27H,10-11H2,1H3,(H2,23,28)/t14-,18+/m0/s1. The molecule has 3 N–H and O–H groups in total. The first-order valence-electron chi connectivity index (χ1n) is 9.48. The highest BCUT2D eigenvalue weighted by molar-refractivity contribution is 5.90. The molecule has 1 amide bonds. The van der Waals surface area contributed by atoms with Crippen molar-refractivity contribution in [2.24, 2.45) is 5.73 Å². The molecule has 0 aliphatic rings. The van der Waals surface area contributed by atoms with Gasteiger partial charge in [0.2, 0.25) is 5.89 Å². The van der Waals surface area contributed by atoms with Gasteiger partial charge in [0.1, 0.15) is 11.2 Å². The third kappa shape index (κ3) is 3.90. The van der Waals surface area contributed by atoms with Crippen LogP contribution in [0.15, 0.2) is 65.5 Å². The number of nitrogens with zero attached hydrogens (tertiary/aromatic N) is 3. The first-order valence-corrected chi connectivity index (χ1v) is 9.48. The molecule has 2 atom stereocenters. The summed E-state index contributed by atoms with van der Waals surface area (Å²) in [5.74, 6) is -0.00487. The van der Waals surface area contributed by atoms with E-state index in [1.54, 1.807) is 17.7 Å². The van der Waals surface area contributed by atoms with Crippen molar-refractivity contribution in [3.63, 3.8) is 0 Å². The smallest absolute Gasteiger partial charge is 0.268 e. The van der Waals surface area contributed by atoms with Crippen molar-refractivity contribution in [1.29, 1.82) is 0 Å². The zero-order chi connectivity index (χ0) is 20.4. The molecule has 0 aliphatic carbocycles. The summed E-state index contributed by atoms with van der Waals surface area (Å²) in [7, 11) is 0. The fraction of sp³-hybridized carbons (Fsp3) is 0.227. The highest BCUT2D eigenvalue weighted by Crippen LogP contribution is 2.28. The number of benzene rings is 2. The summed E-state index contributed by atoms with van der Waals surface area (Å²) in [5.41, 5.74) is 8.98. The van der Waals surface area contributed by atoms with Crippen molar-refractivity contribution in [2.45, 2.75) is 31.9 Å². The number of oxazole rings is 1. The second kappa shape index (κ2) is 7.89. The van der Waals surface area contributed by atoms with Crippen molar-refractivity contribution in [1.82, 2.24) is 14.5 Å². The van der Waals surface area contributed by atoms with Gasteiger partial charge >= 0.3 is 0 Å². The second-order valence-electron chi connectivity index (χ2n) is 7.07. The van der Waals surface area contributed by atoms with Crippen LogP contribution in [-0.4, -0.2) is 31.7 Å². The SMILES string of the molecule is C[C@H](O)[C@@H](CCc1cccc2oc(-c3ccccc3)nc12)n1cnc(C(N)=O)c1. The zero-order valence-electron chi connectivity index (χ0n) is 16.0. The van der Waals surface area contributed by atoms with Crippen LogP contribution in [0.25, 0.3) is 22.6 Å². The second-order valence-corrected chi connectivity index (χ2v) is 7.07. The van der Waals surface area contributed by atoms with E-state index >= 15 is 0 Å². The Kier molecular flexibility index (Phi) is 5.14. The van der Waals surface area contributed by atoms with E-state index in [4.69, 9.17) is 15.1 Å². The molecule has 7 nitrogen and oxygen atoms in total. The summed E-state index contributed by atoms with van der Waals surface area (Å²) in [4.78, 5) is 20.0. The lowest BCUT2D eigenvalue weighted by molar-refractivity contribution is 0.0994. The highest BCUT2D eigenvalue weighted by atomic mass is 16.3. The number of aliphatic hydroxyl groups is 1. The van der Waals surface area contributed by atoms with Crippen LogP contribution in [-0.2, 0) is 6.42 Å². The number of rotatable bonds is 7. The number of nitrogens with two attached hydrogens (primary N) is 1. The largest absolute Gasteiger partial charge is 0.436 e. The van der Waals surface area contributed by atoms with Crippen LogP contribution >= 0.6 is 0 Å². The van der Waals surface area contributed by atoms with Crippen LogP contribution in [0.4, 0.5) is 0 Å². The van der Waals surface area contributed by atoms with E-state index in [9.17, 15) is 9.90 Å². The van der Waals surface area contributed by atoms with Crippen molar-refractivity contribution < 1.29 is 14.3 Å². The molecule has 2 heterocycles. The minimum absolute atomic E-state index is 0.182. The Bertz CT molecular complexity index is 1130. The van der Waals surface area contributed by atoms with Crippen molar-refractivity contribution in [3.8, 4) is 11.5 Å². The number of aromatic nitrogens is 3. The van der Waals surface area contributed by atoms with E-state index in [-0.39, 0.29) is 11.7 Å². The van der Waals surface area contributed by atoms with Gasteiger partial charge in [-0.05, 0) is 43.5 Å². The molecule has 0 saturated heterocycles. The maximum Gasteiger partial charge on any atom is 0.268 e. The number of imidazole rings is 1. The average molecular weight is 390 g/mol. The Morgan fingerprint density at radius 1 is 1.21 bits per heavy atom. The molecule has 0 spiro atoms. The molecule has 2 aromatic carbocycles. The van der Waals surface area contributed by atoms with Gasteiger partial charge in [-0.2, -0.15) is 0 Å². The molecular weight excluding hydrogens is 368 g/mol. The quantitative estimate of drug-likeness (QED) is 0.503. The molecule has 0 unspecified atom stereocenters. The summed E-state index contributed by atoms with van der Waals surface area (Å²) in [6, 6.07) is 15.4. The van der Waals surface area contributed by atoms with Crippen molar-refractivity contribution in [2.75, 3.05) is 0 Å². The molecule has 2 aromatic heterocycles. The summed E-state index contributed by atoms with van der Waals surface area (Å²) in [6.45, 7) is 1.72. The van der Waals surface area contributed by atoms with E-state index in [1.165, 1.54) is 6.33 Å². The van der Waals surface area contributed by atoms with E-state index in [1.807, 2.05) is 48.5 Å². The fourth-order valence-electron chi connectivity index (χ4n) is 3.50. The summed E-state index contributed by atoms with van der Waals surface area (Å²) in [6.07, 6.45) is 3.80. The van der Waals surface area contributed by atoms with Gasteiger partial charge in [0.05, 0.1) is 18.5 Å². The lowest BCUT2D eigenvalue weighted by Gasteiger charge is -2.21. The van der Waals surface area contributed by atoms with E-state index in [2.05, 4.69) is 4.98 Å². The number of carbonyl (C=O) groups is 1. The summed E-state index contributed by atoms with van der Waals surface area (Å²) < 4.78 is 7.68. The summed E-state index contributed by atoms with van der Waals surface area (Å²) >= 11 is 0. The Labute approximate surface area is 167 Å². The van der Waals surface area contributed by atoms with Crippen molar-refractivity contribution >= 4 is 17.0 Å². The normalized spacial score (nSPS) is 13.4. The van der Waals surface area contributed by atoms with Gasteiger partial charge in [-0.1, -0.05) is 30.3 Å². The van der Waals surface area contributed by atoms with Gasteiger partial charge < -0.3 is 19.8 Å². The van der Waals surface area contributed by atoms with Crippen LogP contribution in [0.3, 0.4) is 0 Å². The number of primary amides is 1. The van der Waals surface area contributed by atoms with Crippen molar-refractivity contribution in [3.05, 3.63) is 72.3 Å². The Balaban J connectivity index is 1.59. The molecule has 0 fully saturated rings. The Morgan fingerprint density at radius 2 is 2.00 bits per heavy atom. The predicted molar refractivity (Wildman–Crippen MR) is 109 cm³/mol. The van der Waals surface area contributed by atoms with Crippen LogP contribution in [0.2, 0.25) is 0 Å². The van der Waals surface area contributed by atoms with Gasteiger partial charge in [-0.15, -0.1) is 0 Å². The number of para-hydroxylation sites is 1. The monoisotopic (exact) mass is 390 g/mol. The lowest BCUT2D eigenvalue weighted by atomic mass is 10.0. The van der Waals surface area contributed by atoms with Gasteiger partial charge in [-0.3, -0.25) is 4.79 Å². The number of hydrogen-bond acceptors (Lipinski definition) is 5. The van der Waals surface area contributed by atoms with Crippen LogP contribution in [0.1, 0.15) is 35.4 Å². The number of fused-ring (bicyclic) bond motifs is 1. The van der Waals surface area contributed by atoms with Gasteiger partial charge in [0.25, 0.3) is 5.91 Å². The fourth-order valence-corrected chi connectivity index (χ4v) is 3.50. The first-order chi connectivity index (χ1) is 14.0. The van der Waals surface area contributed by atoms with E-state index in [0.717, 1.165) is 22.2 Å². The zero-order valence-corrected chi connectivity index (χ0v) is 16.0. The minimum atomic E-state index is -0.624. The topological polar surface area (TPSA) is 107 Å². The first kappa shape index (κ1) is 18.9. The molecule has 0 bridgehead atoms. The molecule has 0 radical (unpaired) electrons. The Hall–Kier alpha value is -3.45. The maximum atomic E-state index is 11.3. The molecule has 7 heteroatoms. The molecule has 4 rings (SSSR count). The summed E-state index contributed by atoms with van der Waals surface area (Å²) in [5, 5.41) is 10.3. The molecule has 148 valence electrons. The van der Waals surface area contributed by atoms with Gasteiger partial charge in [-0.25, -0.2) is 9.97 Å². The molecular formula is C22H22N4O3. The Morgan fingerprint density at radius 3 is 2.69 bits per heavy atom. The number of carbonyl (C=O) groups excluding carboxylic acids is 1. The number of aryl methyl sites for hydroxylation is 1. The molecule has 29 heavy (non-hydrogen) atoms. The molecule has 0 saturated carbocycles. The number of aliphatic hydroxyl groups excluding tert-OH is 1. The molecule has 4 aromatic rings. The predicted octanol–water partition coefficient (Wildman–Crippen LogP) is 3.34. The number of hydrogen-bond donors (Lipinski definition) is 2. The van der Waals surface area contributed by atoms with E-state index in [0.29, 0.717) is 18.7 Å².